The van der Waals surface area contributed by atoms with Crippen LogP contribution in [0.3, 0.4) is 0 Å². The molecule has 0 aromatic heterocycles. The molecule has 0 spiro atoms. The molecule has 0 bridgehead atoms. The van der Waals surface area contributed by atoms with Gasteiger partial charge in [0.2, 0.25) is 0 Å². The lowest BCUT2D eigenvalue weighted by molar-refractivity contribution is 0.0677. The number of aromatic hydroxyl groups is 1. The van der Waals surface area contributed by atoms with Gasteiger partial charge >= 0.3 is 0 Å². The van der Waals surface area contributed by atoms with Gasteiger partial charge in [0, 0.05) is 12.1 Å². The van der Waals surface area contributed by atoms with Gasteiger partial charge in [0.25, 0.3) is 5.91 Å². The number of carbonyl (C=O) groups is 1. The van der Waals surface area contributed by atoms with E-state index in [2.05, 4.69) is 10.2 Å². The van der Waals surface area contributed by atoms with Crippen molar-refractivity contribution in [3.63, 3.8) is 0 Å². The Labute approximate surface area is 130 Å². The Morgan fingerprint density at radius 3 is 2.67 bits per heavy atom. The number of nitrogens with one attached hydrogen (secondary N) is 1. The van der Waals surface area contributed by atoms with Gasteiger partial charge in [-0.05, 0) is 57.0 Å². The third-order valence-electron chi connectivity index (χ3n) is 4.55. The van der Waals surface area contributed by atoms with Crippen LogP contribution in [0.5, 0.6) is 5.75 Å². The zero-order valence-corrected chi connectivity index (χ0v) is 12.8. The highest BCUT2D eigenvalue weighted by Crippen LogP contribution is 2.29. The van der Waals surface area contributed by atoms with E-state index in [0.717, 1.165) is 12.8 Å². The average Bonchev–Trinajstić information content (AvgIpc) is 2.45. The van der Waals surface area contributed by atoms with Crippen LogP contribution in [0.4, 0.5) is 0 Å². The molecule has 2 N–H and O–H groups in total. The molecule has 0 unspecified atom stereocenters. The standard InChI is InChI=1S/C16H21ClN2O2/c17-15-5-4-13(20)10-14(15)16(21)18-11-8-12(9-11)19-6-2-1-3-7-19/h4-5,10-12,20H,1-3,6-9H2,(H,18,21). The SMILES string of the molecule is O=C(NC1CC(N2CCCCC2)C1)c1cc(O)ccc1Cl. The van der Waals surface area contributed by atoms with Crippen LogP contribution in [-0.4, -0.2) is 41.1 Å². The van der Waals surface area contributed by atoms with Gasteiger partial charge in [-0.25, -0.2) is 0 Å². The number of likely N-dealkylation sites (tertiary alicyclic amines) is 1. The smallest absolute Gasteiger partial charge is 0.253 e. The molecule has 0 atom stereocenters. The molecule has 1 saturated carbocycles. The second-order valence-electron chi connectivity index (χ2n) is 6.06. The quantitative estimate of drug-likeness (QED) is 0.903. The van der Waals surface area contributed by atoms with Crippen LogP contribution < -0.4 is 5.32 Å². The van der Waals surface area contributed by atoms with Crippen LogP contribution in [0.25, 0.3) is 0 Å². The van der Waals surface area contributed by atoms with Gasteiger partial charge in [-0.2, -0.15) is 0 Å². The van der Waals surface area contributed by atoms with Crippen LogP contribution in [0.1, 0.15) is 42.5 Å². The zero-order chi connectivity index (χ0) is 14.8. The van der Waals surface area contributed by atoms with Gasteiger partial charge in [-0.15, -0.1) is 0 Å². The Kier molecular flexibility index (Phi) is 4.36. The molecule has 1 aromatic carbocycles. The number of carbonyl (C=O) groups excluding carboxylic acids is 1. The van der Waals surface area contributed by atoms with E-state index in [4.69, 9.17) is 11.6 Å². The largest absolute Gasteiger partial charge is 0.508 e. The summed E-state index contributed by atoms with van der Waals surface area (Å²) in [7, 11) is 0. The average molecular weight is 309 g/mol. The first-order valence-corrected chi connectivity index (χ1v) is 8.05. The third-order valence-corrected chi connectivity index (χ3v) is 4.88. The van der Waals surface area contributed by atoms with Gasteiger partial charge in [-0.1, -0.05) is 18.0 Å². The Bertz CT molecular complexity index is 523. The number of hydrogen-bond donors (Lipinski definition) is 2. The summed E-state index contributed by atoms with van der Waals surface area (Å²) in [6.07, 6.45) is 5.97. The molecule has 2 fully saturated rings. The van der Waals surface area contributed by atoms with Gasteiger partial charge in [0.1, 0.15) is 5.75 Å². The third kappa shape index (κ3) is 3.33. The first-order chi connectivity index (χ1) is 10.1. The molecule has 114 valence electrons. The van der Waals surface area contributed by atoms with E-state index < -0.39 is 0 Å². The molecule has 1 aliphatic carbocycles. The van der Waals surface area contributed by atoms with Crippen LogP contribution in [0.2, 0.25) is 5.02 Å². The Morgan fingerprint density at radius 1 is 1.24 bits per heavy atom. The predicted octanol–water partition coefficient (Wildman–Crippen LogP) is 2.79. The predicted molar refractivity (Wildman–Crippen MR) is 82.8 cm³/mol. The fourth-order valence-electron chi connectivity index (χ4n) is 3.24. The molecule has 5 heteroatoms. The molecule has 4 nitrogen and oxygen atoms in total. The Hall–Kier alpha value is -1.26. The van der Waals surface area contributed by atoms with Crippen molar-refractivity contribution in [2.24, 2.45) is 0 Å². The summed E-state index contributed by atoms with van der Waals surface area (Å²) < 4.78 is 0. The molecule has 21 heavy (non-hydrogen) atoms. The maximum atomic E-state index is 12.2. The summed E-state index contributed by atoms with van der Waals surface area (Å²) in [5.74, 6) is -0.137. The van der Waals surface area contributed by atoms with Crippen LogP contribution in [-0.2, 0) is 0 Å². The number of halogens is 1. The van der Waals surface area contributed by atoms with Crippen molar-refractivity contribution in [2.75, 3.05) is 13.1 Å². The summed E-state index contributed by atoms with van der Waals surface area (Å²) in [6.45, 7) is 2.40. The second kappa shape index (κ2) is 6.24. The minimum Gasteiger partial charge on any atom is -0.508 e. The lowest BCUT2D eigenvalue weighted by atomic mass is 9.84. The van der Waals surface area contributed by atoms with Crippen molar-refractivity contribution in [3.05, 3.63) is 28.8 Å². The first-order valence-electron chi connectivity index (χ1n) is 7.67. The number of hydrogen-bond acceptors (Lipinski definition) is 3. The van der Waals surface area contributed by atoms with Crippen molar-refractivity contribution < 1.29 is 9.90 Å². The molecule has 3 rings (SSSR count). The van der Waals surface area contributed by atoms with E-state index in [0.29, 0.717) is 16.6 Å². The van der Waals surface area contributed by atoms with Crippen molar-refractivity contribution in [2.45, 2.75) is 44.2 Å². The van der Waals surface area contributed by atoms with E-state index in [9.17, 15) is 9.90 Å². The van der Waals surface area contributed by atoms with E-state index >= 15 is 0 Å². The van der Waals surface area contributed by atoms with Gasteiger partial charge in [0.15, 0.2) is 0 Å². The second-order valence-corrected chi connectivity index (χ2v) is 6.46. The molecular formula is C16H21ClN2O2. The van der Waals surface area contributed by atoms with Crippen molar-refractivity contribution >= 4 is 17.5 Å². The molecule has 0 radical (unpaired) electrons. The van der Waals surface area contributed by atoms with E-state index in [-0.39, 0.29) is 17.7 Å². The molecule has 1 amide bonds. The number of benzene rings is 1. The number of nitrogens with zero attached hydrogens (tertiary/aromatic N) is 1. The summed E-state index contributed by atoms with van der Waals surface area (Å²) >= 11 is 6.01. The summed E-state index contributed by atoms with van der Waals surface area (Å²) in [6, 6.07) is 5.29. The van der Waals surface area contributed by atoms with Crippen molar-refractivity contribution in [3.8, 4) is 5.75 Å². The number of phenols is 1. The highest BCUT2D eigenvalue weighted by atomic mass is 35.5. The monoisotopic (exact) mass is 308 g/mol. The maximum absolute atomic E-state index is 12.2. The van der Waals surface area contributed by atoms with Crippen molar-refractivity contribution in [1.82, 2.24) is 10.2 Å². The van der Waals surface area contributed by atoms with E-state index in [1.807, 2.05) is 0 Å². The molecule has 1 aromatic rings. The molecule has 2 aliphatic rings. The maximum Gasteiger partial charge on any atom is 0.253 e. The lowest BCUT2D eigenvalue weighted by Crippen LogP contribution is -2.54. The summed E-state index contributed by atoms with van der Waals surface area (Å²) in [5, 5.41) is 12.8. The minimum absolute atomic E-state index is 0.0596. The van der Waals surface area contributed by atoms with Gasteiger partial charge < -0.3 is 15.3 Å². The molecule has 1 heterocycles. The van der Waals surface area contributed by atoms with Gasteiger partial charge in [-0.3, -0.25) is 4.79 Å². The number of amides is 1. The van der Waals surface area contributed by atoms with Crippen LogP contribution in [0.15, 0.2) is 18.2 Å². The Morgan fingerprint density at radius 2 is 1.95 bits per heavy atom. The van der Waals surface area contributed by atoms with Crippen LogP contribution >= 0.6 is 11.6 Å². The molecule has 1 aliphatic heterocycles. The first kappa shape index (κ1) is 14.7. The van der Waals surface area contributed by atoms with Gasteiger partial charge in [0.05, 0.1) is 10.6 Å². The lowest BCUT2D eigenvalue weighted by Gasteiger charge is -2.44. The van der Waals surface area contributed by atoms with Crippen molar-refractivity contribution in [1.29, 1.82) is 0 Å². The summed E-state index contributed by atoms with van der Waals surface area (Å²) in [5.41, 5.74) is 0.345. The minimum atomic E-state index is -0.196. The number of phenolic OH excluding ortho intramolecular Hbond substituents is 1. The zero-order valence-electron chi connectivity index (χ0n) is 12.0. The highest BCUT2D eigenvalue weighted by molar-refractivity contribution is 6.33. The normalized spacial score (nSPS) is 26.1. The topological polar surface area (TPSA) is 52.6 Å². The fraction of sp³-hybridized carbons (Fsp3) is 0.562. The van der Waals surface area contributed by atoms with E-state index in [1.165, 1.54) is 44.5 Å². The van der Waals surface area contributed by atoms with E-state index in [1.54, 1.807) is 6.07 Å². The fourth-order valence-corrected chi connectivity index (χ4v) is 3.44. The van der Waals surface area contributed by atoms with Crippen LogP contribution in [0, 0.1) is 0 Å². The number of piperidine rings is 1. The molecular weight excluding hydrogens is 288 g/mol. The summed E-state index contributed by atoms with van der Waals surface area (Å²) in [4.78, 5) is 14.7. The Balaban J connectivity index is 1.52. The molecule has 1 saturated heterocycles. The highest BCUT2D eigenvalue weighted by Gasteiger charge is 2.35. The number of rotatable bonds is 3.